The van der Waals surface area contributed by atoms with Gasteiger partial charge in [0.15, 0.2) is 6.10 Å². The van der Waals surface area contributed by atoms with E-state index in [9.17, 15) is 9.59 Å². The number of carbonyl (C=O) groups is 2. The maximum atomic E-state index is 12.2. The van der Waals surface area contributed by atoms with Gasteiger partial charge >= 0.3 is 5.97 Å². The lowest BCUT2D eigenvalue weighted by Crippen LogP contribution is -2.46. The van der Waals surface area contributed by atoms with Crippen molar-refractivity contribution < 1.29 is 18.7 Å². The molecule has 1 saturated carbocycles. The second kappa shape index (κ2) is 6.99. The average molecular weight is 307 g/mol. The van der Waals surface area contributed by atoms with Crippen LogP contribution in [0, 0.1) is 19.8 Å². The van der Waals surface area contributed by atoms with Crippen LogP contribution in [-0.4, -0.2) is 24.0 Å². The van der Waals surface area contributed by atoms with Crippen LogP contribution in [0.3, 0.4) is 0 Å². The summed E-state index contributed by atoms with van der Waals surface area (Å²) in [6.45, 7) is 7.23. The Labute approximate surface area is 131 Å². The van der Waals surface area contributed by atoms with Crippen LogP contribution in [0.4, 0.5) is 0 Å². The topological polar surface area (TPSA) is 68.5 Å². The Hall–Kier alpha value is -1.78. The molecular weight excluding hydrogens is 282 g/mol. The van der Waals surface area contributed by atoms with Gasteiger partial charge in [0.1, 0.15) is 17.1 Å². The molecule has 2 rings (SSSR count). The summed E-state index contributed by atoms with van der Waals surface area (Å²) in [5.41, 5.74) is 0.378. The van der Waals surface area contributed by atoms with Crippen molar-refractivity contribution in [1.82, 2.24) is 5.32 Å². The minimum atomic E-state index is -0.809. The van der Waals surface area contributed by atoms with Crippen molar-refractivity contribution >= 4 is 11.9 Å². The first-order valence-electron chi connectivity index (χ1n) is 7.97. The van der Waals surface area contributed by atoms with Crippen molar-refractivity contribution in [2.45, 2.75) is 65.5 Å². The first kappa shape index (κ1) is 16.6. The largest absolute Gasteiger partial charge is 0.466 e. The number of ether oxygens (including phenoxy) is 1. The van der Waals surface area contributed by atoms with E-state index in [1.165, 1.54) is 6.42 Å². The predicted molar refractivity (Wildman–Crippen MR) is 82.6 cm³/mol. The Bertz CT molecular complexity index is 549. The van der Waals surface area contributed by atoms with E-state index in [2.05, 4.69) is 12.2 Å². The van der Waals surface area contributed by atoms with Gasteiger partial charge in [-0.15, -0.1) is 0 Å². The first-order chi connectivity index (χ1) is 10.4. The zero-order valence-corrected chi connectivity index (χ0v) is 13.8. The molecule has 1 aliphatic rings. The van der Waals surface area contributed by atoms with Gasteiger partial charge in [-0.3, -0.25) is 4.79 Å². The highest BCUT2D eigenvalue weighted by molar-refractivity contribution is 5.93. The number of hydrogen-bond acceptors (Lipinski definition) is 4. The second-order valence-electron chi connectivity index (χ2n) is 6.25. The van der Waals surface area contributed by atoms with Crippen LogP contribution >= 0.6 is 0 Å². The van der Waals surface area contributed by atoms with E-state index in [0.29, 0.717) is 23.0 Å². The lowest BCUT2D eigenvalue weighted by molar-refractivity contribution is -0.130. The standard InChI is InChI=1S/C17H25NO4/c1-10-7-5-6-8-15(10)18-16(19)13(4)22-17(20)14-9-11(2)21-12(14)3/h9-10,13,15H,5-8H2,1-4H3,(H,18,19)/t10-,13+,15-/m0/s1. The Balaban J connectivity index is 1.90. The van der Waals surface area contributed by atoms with E-state index in [1.54, 1.807) is 26.8 Å². The summed E-state index contributed by atoms with van der Waals surface area (Å²) in [5.74, 6) is 0.881. The molecular formula is C17H25NO4. The van der Waals surface area contributed by atoms with Crippen LogP contribution in [0.15, 0.2) is 10.5 Å². The molecule has 3 atom stereocenters. The molecule has 0 spiro atoms. The summed E-state index contributed by atoms with van der Waals surface area (Å²) in [7, 11) is 0. The fraction of sp³-hybridized carbons (Fsp3) is 0.647. The molecule has 1 heterocycles. The number of rotatable bonds is 4. The molecule has 0 aromatic carbocycles. The van der Waals surface area contributed by atoms with Crippen LogP contribution in [0.1, 0.15) is 61.4 Å². The summed E-state index contributed by atoms with van der Waals surface area (Å²) in [6.07, 6.45) is 3.67. The monoisotopic (exact) mass is 307 g/mol. The van der Waals surface area contributed by atoms with Crippen LogP contribution in [0.2, 0.25) is 0 Å². The number of furan rings is 1. The van der Waals surface area contributed by atoms with E-state index in [4.69, 9.17) is 9.15 Å². The molecule has 0 aliphatic heterocycles. The van der Waals surface area contributed by atoms with E-state index in [1.807, 2.05) is 0 Å². The molecule has 0 radical (unpaired) electrons. The molecule has 1 amide bonds. The molecule has 5 heteroatoms. The SMILES string of the molecule is Cc1cc(C(=O)O[C@H](C)C(=O)N[C@H]2CCCC[C@@H]2C)c(C)o1. The highest BCUT2D eigenvalue weighted by Gasteiger charge is 2.27. The van der Waals surface area contributed by atoms with Crippen molar-refractivity contribution in [3.05, 3.63) is 23.2 Å². The fourth-order valence-electron chi connectivity index (χ4n) is 2.94. The van der Waals surface area contributed by atoms with E-state index in [-0.39, 0.29) is 11.9 Å². The molecule has 0 saturated heterocycles. The number of nitrogens with one attached hydrogen (secondary N) is 1. The average Bonchev–Trinajstić information content (AvgIpc) is 2.80. The molecule has 1 aromatic heterocycles. The predicted octanol–water partition coefficient (Wildman–Crippen LogP) is 3.14. The van der Waals surface area contributed by atoms with Gasteiger partial charge in [0.05, 0.1) is 0 Å². The summed E-state index contributed by atoms with van der Waals surface area (Å²) in [6, 6.07) is 1.81. The number of amides is 1. The van der Waals surface area contributed by atoms with Crippen LogP contribution in [0.25, 0.3) is 0 Å². The molecule has 0 unspecified atom stereocenters. The number of hydrogen-bond donors (Lipinski definition) is 1. The second-order valence-corrected chi connectivity index (χ2v) is 6.25. The van der Waals surface area contributed by atoms with Crippen molar-refractivity contribution in [3.63, 3.8) is 0 Å². The maximum absolute atomic E-state index is 12.2. The van der Waals surface area contributed by atoms with Gasteiger partial charge in [-0.2, -0.15) is 0 Å². The minimum Gasteiger partial charge on any atom is -0.466 e. The third-order valence-electron chi connectivity index (χ3n) is 4.35. The third-order valence-corrected chi connectivity index (χ3v) is 4.35. The third kappa shape index (κ3) is 3.90. The molecule has 1 aliphatic carbocycles. The van der Waals surface area contributed by atoms with Crippen LogP contribution in [0.5, 0.6) is 0 Å². The Morgan fingerprint density at radius 2 is 2.00 bits per heavy atom. The van der Waals surface area contributed by atoms with Crippen molar-refractivity contribution in [2.75, 3.05) is 0 Å². The van der Waals surface area contributed by atoms with Gasteiger partial charge in [-0.05, 0) is 45.6 Å². The van der Waals surface area contributed by atoms with Gasteiger partial charge in [0.25, 0.3) is 5.91 Å². The molecule has 5 nitrogen and oxygen atoms in total. The summed E-state index contributed by atoms with van der Waals surface area (Å²) >= 11 is 0. The van der Waals surface area contributed by atoms with Gasteiger partial charge in [-0.25, -0.2) is 4.79 Å². The van der Waals surface area contributed by atoms with E-state index in [0.717, 1.165) is 19.3 Å². The van der Waals surface area contributed by atoms with Crippen molar-refractivity contribution in [2.24, 2.45) is 5.92 Å². The number of aryl methyl sites for hydroxylation is 2. The highest BCUT2D eigenvalue weighted by atomic mass is 16.5. The minimum absolute atomic E-state index is 0.181. The maximum Gasteiger partial charge on any atom is 0.342 e. The Morgan fingerprint density at radius 3 is 2.59 bits per heavy atom. The number of esters is 1. The van der Waals surface area contributed by atoms with Crippen molar-refractivity contribution in [1.29, 1.82) is 0 Å². The fourth-order valence-corrected chi connectivity index (χ4v) is 2.94. The quantitative estimate of drug-likeness (QED) is 0.868. The lowest BCUT2D eigenvalue weighted by Gasteiger charge is -2.30. The van der Waals surface area contributed by atoms with E-state index < -0.39 is 12.1 Å². The molecule has 0 bridgehead atoms. The first-order valence-corrected chi connectivity index (χ1v) is 7.97. The molecule has 1 N–H and O–H groups in total. The van der Waals surface area contributed by atoms with Crippen LogP contribution in [-0.2, 0) is 9.53 Å². The van der Waals surface area contributed by atoms with Gasteiger partial charge in [-0.1, -0.05) is 19.8 Å². The summed E-state index contributed by atoms with van der Waals surface area (Å²) < 4.78 is 10.6. The molecule has 122 valence electrons. The molecule has 1 fully saturated rings. The Kier molecular flexibility index (Phi) is 5.27. The summed E-state index contributed by atoms with van der Waals surface area (Å²) in [4.78, 5) is 24.3. The van der Waals surface area contributed by atoms with Crippen LogP contribution < -0.4 is 5.32 Å². The normalized spacial score (nSPS) is 22.9. The van der Waals surface area contributed by atoms with Gasteiger partial charge < -0.3 is 14.5 Å². The highest BCUT2D eigenvalue weighted by Crippen LogP contribution is 2.24. The Morgan fingerprint density at radius 1 is 1.32 bits per heavy atom. The zero-order chi connectivity index (χ0) is 16.3. The number of carbonyl (C=O) groups excluding carboxylic acids is 2. The zero-order valence-electron chi connectivity index (χ0n) is 13.8. The lowest BCUT2D eigenvalue weighted by atomic mass is 9.86. The molecule has 22 heavy (non-hydrogen) atoms. The van der Waals surface area contributed by atoms with Gasteiger partial charge in [0.2, 0.25) is 0 Å². The van der Waals surface area contributed by atoms with E-state index >= 15 is 0 Å². The van der Waals surface area contributed by atoms with Crippen molar-refractivity contribution in [3.8, 4) is 0 Å². The molecule has 1 aromatic rings. The van der Waals surface area contributed by atoms with Gasteiger partial charge in [0, 0.05) is 6.04 Å². The smallest absolute Gasteiger partial charge is 0.342 e. The summed E-state index contributed by atoms with van der Waals surface area (Å²) in [5, 5.41) is 3.01.